The molecule has 1 aliphatic heterocycles. The van der Waals surface area contributed by atoms with Crippen molar-refractivity contribution in [3.8, 4) is 0 Å². The number of unbranched alkanes of at least 4 members (excludes halogenated alkanes) is 3. The van der Waals surface area contributed by atoms with E-state index in [2.05, 4.69) is 6.58 Å². The fourth-order valence-electron chi connectivity index (χ4n) is 1.64. The van der Waals surface area contributed by atoms with Crippen LogP contribution in [0.15, 0.2) is 24.4 Å². The van der Waals surface area contributed by atoms with Crippen LogP contribution in [-0.4, -0.2) is 39.5 Å². The van der Waals surface area contributed by atoms with Crippen LogP contribution in [0.1, 0.15) is 39.0 Å². The number of carboxylic acids is 2. The predicted octanol–water partition coefficient (Wildman–Crippen LogP) is 4.84. The normalized spacial score (nSPS) is 11.4. The Morgan fingerprint density at radius 2 is 1.56 bits per heavy atom. The van der Waals surface area contributed by atoms with Gasteiger partial charge in [-0.05, 0) is 18.9 Å². The summed E-state index contributed by atoms with van der Waals surface area (Å²) in [5.41, 5.74) is 0.746. The third-order valence-electron chi connectivity index (χ3n) is 2.55. The molecule has 1 amide bonds. The van der Waals surface area contributed by atoms with Crippen molar-refractivity contribution in [2.24, 2.45) is 0 Å². The summed E-state index contributed by atoms with van der Waals surface area (Å²) in [6.07, 6.45) is 6.92. The van der Waals surface area contributed by atoms with Crippen LogP contribution in [-0.2, 0) is 30.9 Å². The number of rotatable bonds is 7. The van der Waals surface area contributed by atoms with Crippen LogP contribution >= 0.6 is 18.8 Å². The average Bonchev–Trinajstić information content (AvgIpc) is 2.74. The second-order valence-electron chi connectivity index (χ2n) is 4.44. The van der Waals surface area contributed by atoms with Gasteiger partial charge in [0.25, 0.3) is 11.9 Å². The van der Waals surface area contributed by atoms with Crippen LogP contribution < -0.4 is 0 Å². The van der Waals surface area contributed by atoms with Gasteiger partial charge in [-0.1, -0.05) is 19.4 Å². The summed E-state index contributed by atoms with van der Waals surface area (Å²) in [4.78, 5) is 32.2. The molecule has 0 unspecified atom stereocenters. The van der Waals surface area contributed by atoms with E-state index in [4.69, 9.17) is 33.8 Å². The number of carbonyl (C=O) groups is 3. The van der Waals surface area contributed by atoms with Crippen LogP contribution in [0.3, 0.4) is 0 Å². The fraction of sp³-hybridized carbons (Fsp3) is 0.500. The molecular formula is C14H25Cl2N3O5Pt. The standard InChI is InChI=1S/C12H17NO3.C2H4O2.2ClH.2H2N.Pt/c1-10-7-8-11(14)13(10)9-5-3-2-4-6-12(15)16;1-2(3)4;;;;;/h7-8H,1-6,9H2,(H,15,16);1H3,(H,3,4);2*1H;2*1H2;/q;;;;2*-1;+4/p-2. The molecule has 0 fully saturated rings. The first kappa shape index (κ1) is 31.8. The second kappa shape index (κ2) is 21.1. The van der Waals surface area contributed by atoms with Gasteiger partial charge in [-0.3, -0.25) is 14.4 Å². The van der Waals surface area contributed by atoms with Crippen molar-refractivity contribution in [1.82, 2.24) is 4.90 Å². The van der Waals surface area contributed by atoms with Gasteiger partial charge in [-0.25, -0.2) is 0 Å². The summed E-state index contributed by atoms with van der Waals surface area (Å²) >= 11 is -0.472. The molecule has 0 saturated carbocycles. The number of halogens is 2. The van der Waals surface area contributed by atoms with Crippen molar-refractivity contribution in [3.05, 3.63) is 36.7 Å². The van der Waals surface area contributed by atoms with E-state index < -0.39 is 28.4 Å². The van der Waals surface area contributed by atoms with Gasteiger partial charge in [0.15, 0.2) is 0 Å². The maximum atomic E-state index is 11.3. The van der Waals surface area contributed by atoms with Crippen molar-refractivity contribution in [2.75, 3.05) is 6.54 Å². The van der Waals surface area contributed by atoms with E-state index >= 15 is 0 Å². The zero-order valence-electron chi connectivity index (χ0n) is 13.9. The Morgan fingerprint density at radius 3 is 1.92 bits per heavy atom. The third kappa shape index (κ3) is 23.1. The van der Waals surface area contributed by atoms with Crippen LogP contribution in [0.5, 0.6) is 0 Å². The maximum absolute atomic E-state index is 11.3. The Morgan fingerprint density at radius 1 is 1.12 bits per heavy atom. The molecular weight excluding hydrogens is 556 g/mol. The van der Waals surface area contributed by atoms with Gasteiger partial charge in [0.2, 0.25) is 0 Å². The van der Waals surface area contributed by atoms with Crippen LogP contribution in [0.4, 0.5) is 0 Å². The molecule has 0 bridgehead atoms. The summed E-state index contributed by atoms with van der Waals surface area (Å²) in [7, 11) is 9.75. The molecule has 25 heavy (non-hydrogen) atoms. The molecule has 8 nitrogen and oxygen atoms in total. The predicted molar refractivity (Wildman–Crippen MR) is 96.3 cm³/mol. The number of hydrogen-bond donors (Lipinski definition) is 2. The summed E-state index contributed by atoms with van der Waals surface area (Å²) in [5.74, 6) is -1.58. The number of allylic oxidation sites excluding steroid dienone is 1. The molecule has 1 aliphatic rings. The fourth-order valence-corrected chi connectivity index (χ4v) is 1.64. The molecule has 6 N–H and O–H groups in total. The van der Waals surface area contributed by atoms with Crippen molar-refractivity contribution in [3.63, 3.8) is 0 Å². The second-order valence-corrected chi connectivity index (χ2v) is 7.72. The van der Waals surface area contributed by atoms with E-state index in [9.17, 15) is 9.59 Å². The Labute approximate surface area is 164 Å². The summed E-state index contributed by atoms with van der Waals surface area (Å²) in [6.45, 7) is 5.53. The van der Waals surface area contributed by atoms with Gasteiger partial charge < -0.3 is 27.4 Å². The molecule has 150 valence electrons. The van der Waals surface area contributed by atoms with Crippen molar-refractivity contribution >= 4 is 36.7 Å². The van der Waals surface area contributed by atoms with Crippen LogP contribution in [0, 0.1) is 0 Å². The zero-order valence-corrected chi connectivity index (χ0v) is 17.7. The van der Waals surface area contributed by atoms with Gasteiger partial charge in [-0.15, -0.1) is 0 Å². The smallest absolute Gasteiger partial charge is 0.693 e. The van der Waals surface area contributed by atoms with Gasteiger partial charge in [0.1, 0.15) is 0 Å². The molecule has 0 aromatic rings. The Balaban J connectivity index is -0.000000211. The average molecular weight is 581 g/mol. The summed E-state index contributed by atoms with van der Waals surface area (Å²) in [6, 6.07) is 0. The zero-order chi connectivity index (χ0) is 18.3. The maximum Gasteiger partial charge on any atom is -0.693 e. The van der Waals surface area contributed by atoms with Crippen molar-refractivity contribution < 1.29 is 41.1 Å². The first-order valence-corrected chi connectivity index (χ1v) is 12.3. The largest absolute Gasteiger partial charge is 0.693 e. The molecule has 0 radical (unpaired) electrons. The molecule has 0 saturated heterocycles. The van der Waals surface area contributed by atoms with E-state index in [0.29, 0.717) is 13.0 Å². The molecule has 0 spiro atoms. The SMILES string of the molecule is C=C1C=CC(=O)N1CCCCCCC(=O)O.CC(=O)O.[Cl][Pt+2][Cl].[NH2-].[NH2-]. The Hall–Kier alpha value is -0.922. The molecule has 1 rings (SSSR count). The molecule has 0 aromatic carbocycles. The molecule has 1 heterocycles. The molecule has 0 aliphatic carbocycles. The van der Waals surface area contributed by atoms with Crippen LogP contribution in [0.25, 0.3) is 12.3 Å². The summed E-state index contributed by atoms with van der Waals surface area (Å²) < 4.78 is 0. The summed E-state index contributed by atoms with van der Waals surface area (Å²) in [5, 5.41) is 15.9. The van der Waals surface area contributed by atoms with Gasteiger partial charge in [0, 0.05) is 31.7 Å². The minimum absolute atomic E-state index is 0. The molecule has 0 aromatic heterocycles. The van der Waals surface area contributed by atoms with E-state index in [1.54, 1.807) is 11.0 Å². The third-order valence-corrected chi connectivity index (χ3v) is 2.55. The number of hydrogen-bond acceptors (Lipinski definition) is 3. The minimum Gasteiger partial charge on any atom is -0.693 e. The van der Waals surface area contributed by atoms with E-state index in [1.807, 2.05) is 0 Å². The topological polar surface area (TPSA) is 162 Å². The first-order chi connectivity index (χ1) is 10.8. The number of carbonyl (C=O) groups excluding carboxylic acids is 1. The van der Waals surface area contributed by atoms with Gasteiger partial charge in [-0.2, -0.15) is 0 Å². The number of amides is 1. The number of aliphatic carboxylic acids is 2. The number of nitrogens with zero attached hydrogens (tertiary/aromatic N) is 1. The molecule has 11 heteroatoms. The number of carboxylic acid groups (broad SMARTS) is 2. The number of nitrogens with two attached hydrogens (primary N) is 2. The minimum atomic E-state index is -0.833. The molecule has 0 atom stereocenters. The Kier molecular flexibility index (Phi) is 26.9. The first-order valence-electron chi connectivity index (χ1n) is 6.68. The monoisotopic (exact) mass is 580 g/mol. The van der Waals surface area contributed by atoms with Gasteiger partial charge in [0.05, 0.1) is 0 Å². The quantitative estimate of drug-likeness (QED) is 0.411. The van der Waals surface area contributed by atoms with E-state index in [-0.39, 0.29) is 24.6 Å². The van der Waals surface area contributed by atoms with Crippen molar-refractivity contribution in [1.29, 1.82) is 0 Å². The Bertz CT molecular complexity index is 415. The van der Waals surface area contributed by atoms with Crippen molar-refractivity contribution in [2.45, 2.75) is 39.0 Å². The van der Waals surface area contributed by atoms with E-state index in [1.165, 1.54) is 6.08 Å². The van der Waals surface area contributed by atoms with E-state index in [0.717, 1.165) is 31.9 Å². The van der Waals surface area contributed by atoms with Gasteiger partial charge >= 0.3 is 41.3 Å². The van der Waals surface area contributed by atoms with Crippen LogP contribution in [0.2, 0.25) is 0 Å².